The number of hydrogen-bond donors (Lipinski definition) is 1. The summed E-state index contributed by atoms with van der Waals surface area (Å²) in [6, 6.07) is 2.00. The number of aromatic nitrogens is 1. The van der Waals surface area contributed by atoms with E-state index < -0.39 is 0 Å². The van der Waals surface area contributed by atoms with Crippen molar-refractivity contribution in [3.8, 4) is 0 Å². The molecule has 0 aromatic carbocycles. The van der Waals surface area contributed by atoms with E-state index in [0.717, 1.165) is 17.1 Å². The summed E-state index contributed by atoms with van der Waals surface area (Å²) in [7, 11) is 0. The largest absolute Gasteiger partial charge is 0.356 e. The van der Waals surface area contributed by atoms with Gasteiger partial charge in [0.1, 0.15) is 0 Å². The highest BCUT2D eigenvalue weighted by atomic mass is 35.5. The van der Waals surface area contributed by atoms with Crippen molar-refractivity contribution >= 4 is 23.9 Å². The molecule has 16 heavy (non-hydrogen) atoms. The van der Waals surface area contributed by atoms with E-state index in [-0.39, 0.29) is 24.1 Å². The Morgan fingerprint density at radius 1 is 1.44 bits per heavy atom. The third kappa shape index (κ3) is 1.44. The molecule has 0 fully saturated rings. The van der Waals surface area contributed by atoms with E-state index in [1.165, 1.54) is 5.56 Å². The molecule has 1 atom stereocenters. The minimum Gasteiger partial charge on any atom is -0.356 e. The first-order valence-corrected chi connectivity index (χ1v) is 4.92. The normalized spacial score (nSPS) is 20.4. The van der Waals surface area contributed by atoms with Crippen molar-refractivity contribution < 1.29 is 4.79 Å². The molecule has 3 rings (SSSR count). The molecule has 1 aromatic heterocycles. The highest BCUT2D eigenvalue weighted by Gasteiger charge is 2.28. The molecule has 0 bridgehead atoms. The van der Waals surface area contributed by atoms with Crippen molar-refractivity contribution in [1.29, 1.82) is 0 Å². The molecular formula is C12H11ClN2O. The number of nitrogens with zero attached hydrogens (tertiary/aromatic N) is 1. The SMILES string of the molecule is Cc1nccc2c1NC1=CC(=O)C=CC12.Cl. The van der Waals surface area contributed by atoms with Gasteiger partial charge in [-0.1, -0.05) is 6.08 Å². The van der Waals surface area contributed by atoms with Gasteiger partial charge in [0.2, 0.25) is 0 Å². The maximum Gasteiger partial charge on any atom is 0.180 e. The van der Waals surface area contributed by atoms with Crippen molar-refractivity contribution in [3.05, 3.63) is 47.4 Å². The van der Waals surface area contributed by atoms with Crippen molar-refractivity contribution in [3.63, 3.8) is 0 Å². The van der Waals surface area contributed by atoms with Crippen LogP contribution in [0.2, 0.25) is 0 Å². The summed E-state index contributed by atoms with van der Waals surface area (Å²) in [5, 5.41) is 3.26. The maximum atomic E-state index is 11.2. The number of pyridine rings is 1. The average Bonchev–Trinajstić information content (AvgIpc) is 2.57. The molecule has 1 aliphatic carbocycles. The van der Waals surface area contributed by atoms with Crippen LogP contribution in [0.4, 0.5) is 5.69 Å². The van der Waals surface area contributed by atoms with Gasteiger partial charge in [-0.3, -0.25) is 9.78 Å². The molecule has 1 aliphatic heterocycles. The van der Waals surface area contributed by atoms with Gasteiger partial charge in [-0.2, -0.15) is 0 Å². The standard InChI is InChI=1S/C12H10N2O.ClH/c1-7-12-10(4-5-13-7)9-3-2-8(15)6-11(9)14-12;/h2-6,9,14H,1H3;1H. The molecule has 0 saturated carbocycles. The van der Waals surface area contributed by atoms with Gasteiger partial charge in [-0.05, 0) is 24.6 Å². The van der Waals surface area contributed by atoms with Crippen LogP contribution in [0.5, 0.6) is 0 Å². The Morgan fingerprint density at radius 2 is 2.25 bits per heavy atom. The van der Waals surface area contributed by atoms with Crippen LogP contribution in [0, 0.1) is 6.92 Å². The Labute approximate surface area is 99.7 Å². The fraction of sp³-hybridized carbons (Fsp3) is 0.167. The lowest BCUT2D eigenvalue weighted by molar-refractivity contribution is -0.110. The molecule has 3 nitrogen and oxygen atoms in total. The van der Waals surface area contributed by atoms with Gasteiger partial charge in [-0.25, -0.2) is 0 Å². The topological polar surface area (TPSA) is 42.0 Å². The van der Waals surface area contributed by atoms with Gasteiger partial charge >= 0.3 is 0 Å². The van der Waals surface area contributed by atoms with E-state index in [9.17, 15) is 4.79 Å². The summed E-state index contributed by atoms with van der Waals surface area (Å²) in [5.41, 5.74) is 4.20. The average molecular weight is 235 g/mol. The van der Waals surface area contributed by atoms with Crippen LogP contribution < -0.4 is 5.32 Å². The molecular weight excluding hydrogens is 224 g/mol. The number of carbonyl (C=O) groups excluding carboxylic acids is 1. The van der Waals surface area contributed by atoms with E-state index in [2.05, 4.69) is 10.3 Å². The molecule has 2 aliphatic rings. The van der Waals surface area contributed by atoms with Crippen LogP contribution in [0.1, 0.15) is 17.2 Å². The maximum absolute atomic E-state index is 11.2. The number of halogens is 1. The molecule has 1 N–H and O–H groups in total. The third-order valence-corrected chi connectivity index (χ3v) is 2.86. The minimum absolute atomic E-state index is 0. The van der Waals surface area contributed by atoms with Gasteiger partial charge in [0.15, 0.2) is 5.78 Å². The second-order valence-electron chi connectivity index (χ2n) is 3.82. The number of allylic oxidation sites excluding steroid dienone is 3. The quantitative estimate of drug-likeness (QED) is 0.749. The third-order valence-electron chi connectivity index (χ3n) is 2.86. The summed E-state index contributed by atoms with van der Waals surface area (Å²) in [6.07, 6.45) is 7.03. The van der Waals surface area contributed by atoms with Crippen LogP contribution >= 0.6 is 12.4 Å². The highest BCUT2D eigenvalue weighted by molar-refractivity contribution is 6.02. The van der Waals surface area contributed by atoms with Gasteiger partial charge in [-0.15, -0.1) is 12.4 Å². The van der Waals surface area contributed by atoms with E-state index in [0.29, 0.717) is 0 Å². The molecule has 1 unspecified atom stereocenters. The number of hydrogen-bond acceptors (Lipinski definition) is 3. The number of aryl methyl sites for hydroxylation is 1. The zero-order valence-electron chi connectivity index (χ0n) is 8.73. The highest BCUT2D eigenvalue weighted by Crippen LogP contribution is 2.41. The van der Waals surface area contributed by atoms with E-state index >= 15 is 0 Å². The van der Waals surface area contributed by atoms with Crippen LogP contribution in [0.15, 0.2) is 36.2 Å². The van der Waals surface area contributed by atoms with Crippen molar-refractivity contribution in [2.24, 2.45) is 0 Å². The van der Waals surface area contributed by atoms with Gasteiger partial charge < -0.3 is 5.32 Å². The van der Waals surface area contributed by atoms with Crippen molar-refractivity contribution in [1.82, 2.24) is 4.98 Å². The summed E-state index contributed by atoms with van der Waals surface area (Å²) >= 11 is 0. The van der Waals surface area contributed by atoms with Crippen molar-refractivity contribution in [2.45, 2.75) is 12.8 Å². The van der Waals surface area contributed by atoms with Crippen molar-refractivity contribution in [2.75, 3.05) is 5.32 Å². The molecule has 1 aromatic rings. The van der Waals surface area contributed by atoms with Crippen LogP contribution in [-0.4, -0.2) is 10.8 Å². The predicted molar refractivity (Wildman–Crippen MR) is 64.8 cm³/mol. The Balaban J connectivity index is 0.000000963. The lowest BCUT2D eigenvalue weighted by atomic mass is 9.94. The first kappa shape index (κ1) is 10.9. The number of anilines is 1. The van der Waals surface area contributed by atoms with Gasteiger partial charge in [0.25, 0.3) is 0 Å². The number of fused-ring (bicyclic) bond motifs is 3. The first-order chi connectivity index (χ1) is 7.25. The molecule has 0 saturated heterocycles. The Hall–Kier alpha value is -1.61. The Bertz CT molecular complexity index is 520. The first-order valence-electron chi connectivity index (χ1n) is 4.92. The minimum atomic E-state index is 0. The second-order valence-corrected chi connectivity index (χ2v) is 3.82. The van der Waals surface area contributed by atoms with E-state index in [1.54, 1.807) is 12.2 Å². The summed E-state index contributed by atoms with van der Waals surface area (Å²) < 4.78 is 0. The number of rotatable bonds is 0. The predicted octanol–water partition coefficient (Wildman–Crippen LogP) is 2.34. The van der Waals surface area contributed by atoms with Crippen LogP contribution in [0.25, 0.3) is 0 Å². The van der Waals surface area contributed by atoms with Gasteiger partial charge in [0.05, 0.1) is 11.4 Å². The fourth-order valence-corrected chi connectivity index (χ4v) is 2.12. The molecule has 0 spiro atoms. The van der Waals surface area contributed by atoms with E-state index in [1.807, 2.05) is 25.3 Å². The smallest absolute Gasteiger partial charge is 0.180 e. The molecule has 4 heteroatoms. The van der Waals surface area contributed by atoms with E-state index in [4.69, 9.17) is 0 Å². The molecule has 0 amide bonds. The number of nitrogens with one attached hydrogen (secondary N) is 1. The lowest BCUT2D eigenvalue weighted by Crippen LogP contribution is -2.05. The summed E-state index contributed by atoms with van der Waals surface area (Å²) in [6.45, 7) is 1.97. The summed E-state index contributed by atoms with van der Waals surface area (Å²) in [4.78, 5) is 15.5. The summed E-state index contributed by atoms with van der Waals surface area (Å²) in [5.74, 6) is 0.256. The molecule has 82 valence electrons. The van der Waals surface area contributed by atoms with Gasteiger partial charge in [0, 0.05) is 23.9 Å². The second kappa shape index (κ2) is 3.76. The Kier molecular flexibility index (Phi) is 2.56. The molecule has 2 heterocycles. The molecule has 0 radical (unpaired) electrons. The fourth-order valence-electron chi connectivity index (χ4n) is 2.12. The Morgan fingerprint density at radius 3 is 3.06 bits per heavy atom. The number of ketones is 1. The lowest BCUT2D eigenvalue weighted by Gasteiger charge is -2.09. The van der Waals surface area contributed by atoms with Crippen LogP contribution in [-0.2, 0) is 4.79 Å². The monoisotopic (exact) mass is 234 g/mol. The zero-order valence-corrected chi connectivity index (χ0v) is 9.54. The number of carbonyl (C=O) groups is 1. The van der Waals surface area contributed by atoms with Crippen LogP contribution in [0.3, 0.4) is 0 Å². The zero-order chi connectivity index (χ0) is 10.4.